The van der Waals surface area contributed by atoms with Crippen LogP contribution in [0.2, 0.25) is 0 Å². The highest BCUT2D eigenvalue weighted by atomic mass is 16.4. The van der Waals surface area contributed by atoms with Gasteiger partial charge in [-0.3, -0.25) is 0 Å². The average molecular weight is 775 g/mol. The molecule has 0 aliphatic carbocycles. The van der Waals surface area contributed by atoms with E-state index in [1.165, 1.54) is 0 Å². The maximum Gasteiger partial charge on any atom is 0.204 e. The molecule has 0 aliphatic heterocycles. The molecule has 59 heavy (non-hydrogen) atoms. The first-order valence-corrected chi connectivity index (χ1v) is 18.7. The second kappa shape index (κ2) is 12.1. The summed E-state index contributed by atoms with van der Waals surface area (Å²) in [6.07, 6.45) is 0. The Hall–Kier alpha value is -8.30. The van der Waals surface area contributed by atoms with Crippen molar-refractivity contribution in [1.29, 1.82) is 0 Å². The lowest BCUT2D eigenvalue weighted by molar-refractivity contribution is 0.350. The highest BCUT2D eigenvalue weighted by Gasteiger charge is 2.33. The molecule has 0 radical (unpaired) electrons. The van der Waals surface area contributed by atoms with Gasteiger partial charge in [0.1, 0.15) is 11.2 Å². The summed E-state index contributed by atoms with van der Waals surface area (Å²) in [5.41, 5.74) is 4.02. The van der Waals surface area contributed by atoms with Gasteiger partial charge in [0.05, 0.1) is 0 Å². The van der Waals surface area contributed by atoms with E-state index in [-0.39, 0.29) is 32.7 Å². The summed E-state index contributed by atoms with van der Waals surface area (Å²) in [4.78, 5) is 0. The Morgan fingerprint density at radius 2 is 0.797 bits per heavy atom. The molecular weight excluding hydrogens is 745 g/mol. The number of benzene rings is 10. The molecule has 0 aliphatic rings. The number of phenolic OH excluding ortho intramolecular Hbond substituents is 8. The molecule has 11 rings (SSSR count). The maximum atomic E-state index is 11.8. The zero-order chi connectivity index (χ0) is 40.4. The Labute approximate surface area is 333 Å². The Bertz CT molecular complexity index is 3580. The first kappa shape index (κ1) is 34.0. The van der Waals surface area contributed by atoms with Gasteiger partial charge in [0.2, 0.25) is 23.0 Å². The van der Waals surface area contributed by atoms with E-state index in [0.717, 1.165) is 60.0 Å². The van der Waals surface area contributed by atoms with Crippen molar-refractivity contribution in [3.8, 4) is 79.4 Å². The van der Waals surface area contributed by atoms with Crippen LogP contribution < -0.4 is 0 Å². The molecule has 284 valence electrons. The smallest absolute Gasteiger partial charge is 0.204 e. The standard InChI is InChI=1S/C50H30O9/c51-43-39-36(29-13-12-23-6-1-2-8-25(23)21-29)40-42(46(54)50(58)48(56)44(40)52)38(41(39)45(53)49(57)47(43)55)32-11-5-9-28-20-26(14-17-30(28)32)27-16-18-34-33(22-27)37-31-10-4-3-7-24(31)15-19-35(37)59-34/h1-22,51-58H. The van der Waals surface area contributed by atoms with E-state index >= 15 is 0 Å². The van der Waals surface area contributed by atoms with Crippen LogP contribution in [0.25, 0.3) is 109 Å². The fourth-order valence-corrected chi connectivity index (χ4v) is 8.93. The Morgan fingerprint density at radius 3 is 1.49 bits per heavy atom. The highest BCUT2D eigenvalue weighted by molar-refractivity contribution is 6.30. The van der Waals surface area contributed by atoms with Crippen LogP contribution in [-0.4, -0.2) is 40.9 Å². The lowest BCUT2D eigenvalue weighted by Crippen LogP contribution is -1.95. The lowest BCUT2D eigenvalue weighted by atomic mass is 9.82. The van der Waals surface area contributed by atoms with Gasteiger partial charge in [-0.25, -0.2) is 0 Å². The second-order valence-electron chi connectivity index (χ2n) is 14.8. The number of aromatic hydroxyl groups is 8. The number of hydrogen-bond donors (Lipinski definition) is 8. The van der Waals surface area contributed by atoms with Gasteiger partial charge in [-0.2, -0.15) is 0 Å². The average Bonchev–Trinajstić information content (AvgIpc) is 3.66. The van der Waals surface area contributed by atoms with E-state index in [4.69, 9.17) is 4.42 Å². The summed E-state index contributed by atoms with van der Waals surface area (Å²) >= 11 is 0. The molecule has 0 atom stereocenters. The van der Waals surface area contributed by atoms with E-state index in [2.05, 4.69) is 18.2 Å². The number of phenols is 8. The molecule has 0 bridgehead atoms. The quantitative estimate of drug-likeness (QED) is 0.0493. The normalized spacial score (nSPS) is 11.9. The third-order valence-corrected chi connectivity index (χ3v) is 11.7. The maximum absolute atomic E-state index is 11.8. The van der Waals surface area contributed by atoms with Gasteiger partial charge < -0.3 is 45.3 Å². The van der Waals surface area contributed by atoms with E-state index < -0.39 is 46.0 Å². The van der Waals surface area contributed by atoms with Crippen LogP contribution >= 0.6 is 0 Å². The van der Waals surface area contributed by atoms with Gasteiger partial charge in [0.25, 0.3) is 0 Å². The topological polar surface area (TPSA) is 175 Å². The fourth-order valence-electron chi connectivity index (χ4n) is 8.93. The lowest BCUT2D eigenvalue weighted by Gasteiger charge is -2.23. The number of rotatable bonds is 3. The minimum absolute atomic E-state index is 0.00633. The summed E-state index contributed by atoms with van der Waals surface area (Å²) in [6, 6.07) is 42.0. The summed E-state index contributed by atoms with van der Waals surface area (Å²) in [5, 5.41) is 97.4. The molecule has 0 saturated heterocycles. The van der Waals surface area contributed by atoms with Gasteiger partial charge in [-0.05, 0) is 84.9 Å². The van der Waals surface area contributed by atoms with Crippen LogP contribution in [0.1, 0.15) is 0 Å². The Kier molecular flexibility index (Phi) is 6.97. The SMILES string of the molecule is Oc1c(O)c(O)c2c(-c3cccc4cc(-c5ccc6oc7ccc8ccccc8c7c6c5)ccc34)c3c(O)c(O)c(O)c(O)c3c(-c3ccc4ccccc4c3)c2c1O. The monoisotopic (exact) mass is 774 g/mol. The van der Waals surface area contributed by atoms with Crippen LogP contribution in [0.3, 0.4) is 0 Å². The molecular formula is C50H30O9. The third-order valence-electron chi connectivity index (χ3n) is 11.7. The van der Waals surface area contributed by atoms with Crippen molar-refractivity contribution in [3.05, 3.63) is 133 Å². The Balaban J connectivity index is 1.22. The van der Waals surface area contributed by atoms with Crippen LogP contribution in [0, 0.1) is 0 Å². The highest BCUT2D eigenvalue weighted by Crippen LogP contribution is 2.62. The van der Waals surface area contributed by atoms with Gasteiger partial charge in [0, 0.05) is 43.4 Å². The van der Waals surface area contributed by atoms with Crippen molar-refractivity contribution in [2.45, 2.75) is 0 Å². The first-order valence-electron chi connectivity index (χ1n) is 18.7. The van der Waals surface area contributed by atoms with Gasteiger partial charge in [-0.15, -0.1) is 0 Å². The Morgan fingerprint density at radius 1 is 0.288 bits per heavy atom. The van der Waals surface area contributed by atoms with E-state index in [1.807, 2.05) is 84.9 Å². The van der Waals surface area contributed by atoms with E-state index in [0.29, 0.717) is 16.5 Å². The molecule has 0 unspecified atom stereocenters. The molecule has 9 heteroatoms. The van der Waals surface area contributed by atoms with Crippen molar-refractivity contribution >= 4 is 75.8 Å². The van der Waals surface area contributed by atoms with Crippen LogP contribution in [0.15, 0.2) is 138 Å². The number of fused-ring (bicyclic) bond motifs is 9. The van der Waals surface area contributed by atoms with Gasteiger partial charge >= 0.3 is 0 Å². The summed E-state index contributed by atoms with van der Waals surface area (Å²) < 4.78 is 6.24. The largest absolute Gasteiger partial charge is 0.504 e. The van der Waals surface area contributed by atoms with Crippen molar-refractivity contribution in [3.63, 3.8) is 0 Å². The minimum atomic E-state index is -1.02. The minimum Gasteiger partial charge on any atom is -0.504 e. The van der Waals surface area contributed by atoms with Crippen LogP contribution in [0.5, 0.6) is 46.0 Å². The summed E-state index contributed by atoms with van der Waals surface area (Å²) in [7, 11) is 0. The predicted molar refractivity (Wildman–Crippen MR) is 231 cm³/mol. The van der Waals surface area contributed by atoms with Crippen LogP contribution in [0.4, 0.5) is 0 Å². The van der Waals surface area contributed by atoms with Gasteiger partial charge in [0.15, 0.2) is 23.0 Å². The van der Waals surface area contributed by atoms with Crippen molar-refractivity contribution in [1.82, 2.24) is 0 Å². The van der Waals surface area contributed by atoms with Crippen LogP contribution in [-0.2, 0) is 0 Å². The number of hydrogen-bond acceptors (Lipinski definition) is 9. The molecule has 8 N–H and O–H groups in total. The predicted octanol–water partition coefficient (Wildman–Crippen LogP) is 12.0. The van der Waals surface area contributed by atoms with E-state index in [1.54, 1.807) is 30.3 Å². The second-order valence-corrected chi connectivity index (χ2v) is 14.8. The third kappa shape index (κ3) is 4.66. The zero-order valence-corrected chi connectivity index (χ0v) is 30.7. The fraction of sp³-hybridized carbons (Fsp3) is 0. The summed E-state index contributed by atoms with van der Waals surface area (Å²) in [5.74, 6) is -7.41. The molecule has 10 aromatic carbocycles. The van der Waals surface area contributed by atoms with E-state index in [9.17, 15) is 40.9 Å². The zero-order valence-electron chi connectivity index (χ0n) is 30.7. The van der Waals surface area contributed by atoms with Crippen molar-refractivity contribution in [2.24, 2.45) is 0 Å². The molecule has 0 saturated carbocycles. The van der Waals surface area contributed by atoms with Gasteiger partial charge in [-0.1, -0.05) is 103 Å². The molecule has 0 fully saturated rings. The molecule has 9 nitrogen and oxygen atoms in total. The summed E-state index contributed by atoms with van der Waals surface area (Å²) in [6.45, 7) is 0. The molecule has 0 amide bonds. The molecule has 1 aromatic heterocycles. The molecule has 0 spiro atoms. The first-order chi connectivity index (χ1) is 28.6. The molecule has 11 aromatic rings. The van der Waals surface area contributed by atoms with Crippen molar-refractivity contribution < 1.29 is 45.3 Å². The molecule has 1 heterocycles. The van der Waals surface area contributed by atoms with Crippen molar-refractivity contribution in [2.75, 3.05) is 0 Å². The number of furan rings is 1.